The lowest BCUT2D eigenvalue weighted by atomic mass is 10.2. The Morgan fingerprint density at radius 2 is 1.84 bits per heavy atom. The fourth-order valence-corrected chi connectivity index (χ4v) is 1.90. The Kier molecular flexibility index (Phi) is 6.27. The van der Waals surface area contributed by atoms with Crippen LogP contribution in [0, 0.1) is 11.6 Å². The first-order chi connectivity index (χ1) is 12.0. The van der Waals surface area contributed by atoms with Gasteiger partial charge in [-0.05, 0) is 30.3 Å². The number of nitrogens with zero attached hydrogens (tertiary/aromatic N) is 1. The van der Waals surface area contributed by atoms with E-state index >= 15 is 0 Å². The molecule has 0 heterocycles. The van der Waals surface area contributed by atoms with Crippen LogP contribution in [-0.4, -0.2) is 32.9 Å². The molecule has 0 aromatic heterocycles. The normalized spacial score (nSPS) is 10.6. The van der Waals surface area contributed by atoms with Crippen molar-refractivity contribution in [3.63, 3.8) is 0 Å². The molecule has 6 nitrogen and oxygen atoms in total. The van der Waals surface area contributed by atoms with Gasteiger partial charge in [0.1, 0.15) is 0 Å². The predicted molar refractivity (Wildman–Crippen MR) is 88.1 cm³/mol. The summed E-state index contributed by atoms with van der Waals surface area (Å²) in [7, 11) is 3.04. The quantitative estimate of drug-likeness (QED) is 0.616. The number of methoxy groups -OCH3 is 2. The molecule has 0 spiro atoms. The number of carbonyl (C=O) groups is 1. The van der Waals surface area contributed by atoms with Gasteiger partial charge in [-0.25, -0.2) is 8.78 Å². The Morgan fingerprint density at radius 3 is 2.52 bits per heavy atom. The van der Waals surface area contributed by atoms with E-state index in [0.717, 1.165) is 12.1 Å². The van der Waals surface area contributed by atoms with E-state index in [1.54, 1.807) is 18.2 Å². The van der Waals surface area contributed by atoms with Gasteiger partial charge in [-0.3, -0.25) is 4.79 Å². The van der Waals surface area contributed by atoms with Crippen molar-refractivity contribution in [1.82, 2.24) is 0 Å². The number of hydrogen-bond donors (Lipinski definition) is 1. The zero-order valence-corrected chi connectivity index (χ0v) is 13.6. The first-order valence-corrected chi connectivity index (χ1v) is 7.15. The SMILES string of the molecule is COc1ccc(/C=N\OCC(=O)Nc2ccc(F)c(F)c2)cc1OC. The van der Waals surface area contributed by atoms with Crippen molar-refractivity contribution >= 4 is 17.8 Å². The van der Waals surface area contributed by atoms with Gasteiger partial charge >= 0.3 is 0 Å². The Balaban J connectivity index is 1.86. The van der Waals surface area contributed by atoms with E-state index in [9.17, 15) is 13.6 Å². The van der Waals surface area contributed by atoms with Gasteiger partial charge in [-0.15, -0.1) is 0 Å². The van der Waals surface area contributed by atoms with Gasteiger partial charge < -0.3 is 19.6 Å². The number of nitrogens with one attached hydrogen (secondary N) is 1. The maximum atomic E-state index is 13.0. The Hall–Kier alpha value is -3.16. The summed E-state index contributed by atoms with van der Waals surface area (Å²) in [6.45, 7) is -0.386. The van der Waals surface area contributed by atoms with Crippen molar-refractivity contribution in [1.29, 1.82) is 0 Å². The van der Waals surface area contributed by atoms with E-state index in [-0.39, 0.29) is 12.3 Å². The highest BCUT2D eigenvalue weighted by Gasteiger charge is 2.07. The molecule has 0 unspecified atom stereocenters. The third-order valence-corrected chi connectivity index (χ3v) is 3.08. The van der Waals surface area contributed by atoms with Crippen LogP contribution in [0.2, 0.25) is 0 Å². The topological polar surface area (TPSA) is 69.2 Å². The van der Waals surface area contributed by atoms with E-state index in [1.165, 1.54) is 26.5 Å². The van der Waals surface area contributed by atoms with Gasteiger partial charge in [-0.2, -0.15) is 0 Å². The van der Waals surface area contributed by atoms with Crippen LogP contribution in [0.15, 0.2) is 41.6 Å². The largest absolute Gasteiger partial charge is 0.493 e. The number of rotatable bonds is 7. The predicted octanol–water partition coefficient (Wildman–Crippen LogP) is 2.97. The summed E-state index contributed by atoms with van der Waals surface area (Å²) in [6, 6.07) is 8.16. The van der Waals surface area contributed by atoms with Crippen LogP contribution in [0.4, 0.5) is 14.5 Å². The number of ether oxygens (including phenoxy) is 2. The minimum atomic E-state index is -1.05. The molecule has 0 bridgehead atoms. The molecule has 0 saturated carbocycles. The number of hydrogen-bond acceptors (Lipinski definition) is 5. The molecule has 132 valence electrons. The number of benzene rings is 2. The van der Waals surface area contributed by atoms with Crippen molar-refractivity contribution in [2.24, 2.45) is 5.16 Å². The third kappa shape index (κ3) is 5.17. The highest BCUT2D eigenvalue weighted by atomic mass is 19.2. The van der Waals surface area contributed by atoms with E-state index in [0.29, 0.717) is 17.1 Å². The summed E-state index contributed by atoms with van der Waals surface area (Å²) < 4.78 is 36.1. The van der Waals surface area contributed by atoms with E-state index in [1.807, 2.05) is 0 Å². The second-order valence-electron chi connectivity index (χ2n) is 4.80. The molecule has 2 aromatic carbocycles. The molecule has 0 aliphatic rings. The first kappa shape index (κ1) is 18.2. The molecular formula is C17H16F2N2O4. The zero-order valence-electron chi connectivity index (χ0n) is 13.6. The lowest BCUT2D eigenvalue weighted by Gasteiger charge is -2.07. The molecule has 0 radical (unpaired) electrons. The van der Waals surface area contributed by atoms with E-state index < -0.39 is 17.5 Å². The second-order valence-corrected chi connectivity index (χ2v) is 4.80. The first-order valence-electron chi connectivity index (χ1n) is 7.15. The van der Waals surface area contributed by atoms with Crippen LogP contribution in [-0.2, 0) is 9.63 Å². The highest BCUT2D eigenvalue weighted by Crippen LogP contribution is 2.26. The summed E-state index contributed by atoms with van der Waals surface area (Å²) in [5.74, 6) is -1.50. The molecule has 1 N–H and O–H groups in total. The zero-order chi connectivity index (χ0) is 18.2. The average Bonchev–Trinajstić information content (AvgIpc) is 2.61. The van der Waals surface area contributed by atoms with Crippen molar-refractivity contribution < 1.29 is 27.9 Å². The monoisotopic (exact) mass is 350 g/mol. The molecule has 0 atom stereocenters. The third-order valence-electron chi connectivity index (χ3n) is 3.08. The van der Waals surface area contributed by atoms with Crippen LogP contribution in [0.3, 0.4) is 0 Å². The molecule has 0 fully saturated rings. The smallest absolute Gasteiger partial charge is 0.265 e. The standard InChI is InChI=1S/C17H16F2N2O4/c1-23-15-6-3-11(7-16(15)24-2)9-20-25-10-17(22)21-12-4-5-13(18)14(19)8-12/h3-9H,10H2,1-2H3,(H,21,22)/b20-9-. The molecule has 1 amide bonds. The average molecular weight is 350 g/mol. The number of carbonyl (C=O) groups excluding carboxylic acids is 1. The van der Waals surface area contributed by atoms with Crippen LogP contribution in [0.1, 0.15) is 5.56 Å². The number of amides is 1. The lowest BCUT2D eigenvalue weighted by molar-refractivity contribution is -0.120. The van der Waals surface area contributed by atoms with Crippen molar-refractivity contribution in [2.45, 2.75) is 0 Å². The fraction of sp³-hybridized carbons (Fsp3) is 0.176. The maximum absolute atomic E-state index is 13.0. The van der Waals surface area contributed by atoms with Crippen LogP contribution in [0.5, 0.6) is 11.5 Å². The molecular weight excluding hydrogens is 334 g/mol. The Bertz CT molecular complexity index is 781. The van der Waals surface area contributed by atoms with E-state index in [2.05, 4.69) is 10.5 Å². The van der Waals surface area contributed by atoms with Crippen LogP contribution >= 0.6 is 0 Å². The van der Waals surface area contributed by atoms with Gasteiger partial charge in [0.2, 0.25) is 0 Å². The number of oxime groups is 1. The van der Waals surface area contributed by atoms with Crippen molar-refractivity contribution in [3.8, 4) is 11.5 Å². The Labute approximate surface area is 143 Å². The molecule has 0 aliphatic heterocycles. The fourth-order valence-electron chi connectivity index (χ4n) is 1.90. The molecule has 8 heteroatoms. The summed E-state index contributed by atoms with van der Waals surface area (Å²) in [6.07, 6.45) is 1.40. The maximum Gasteiger partial charge on any atom is 0.265 e. The van der Waals surface area contributed by atoms with Gasteiger partial charge in [0.25, 0.3) is 5.91 Å². The molecule has 0 aliphatic carbocycles. The van der Waals surface area contributed by atoms with Crippen molar-refractivity contribution in [2.75, 3.05) is 26.1 Å². The summed E-state index contributed by atoms with van der Waals surface area (Å²) in [5.41, 5.74) is 0.801. The van der Waals surface area contributed by atoms with Gasteiger partial charge in [0.15, 0.2) is 29.7 Å². The summed E-state index contributed by atoms with van der Waals surface area (Å²) >= 11 is 0. The minimum Gasteiger partial charge on any atom is -0.493 e. The highest BCUT2D eigenvalue weighted by molar-refractivity contribution is 5.91. The van der Waals surface area contributed by atoms with E-state index in [4.69, 9.17) is 14.3 Å². The lowest BCUT2D eigenvalue weighted by Crippen LogP contribution is -2.17. The molecule has 0 saturated heterocycles. The second kappa shape index (κ2) is 8.62. The summed E-state index contributed by atoms with van der Waals surface area (Å²) in [5, 5.41) is 6.03. The molecule has 2 rings (SSSR count). The van der Waals surface area contributed by atoms with Crippen LogP contribution < -0.4 is 14.8 Å². The van der Waals surface area contributed by atoms with Gasteiger partial charge in [0.05, 0.1) is 20.4 Å². The number of anilines is 1. The van der Waals surface area contributed by atoms with Gasteiger partial charge in [-0.1, -0.05) is 5.16 Å². The van der Waals surface area contributed by atoms with Crippen molar-refractivity contribution in [3.05, 3.63) is 53.6 Å². The molecule has 25 heavy (non-hydrogen) atoms. The number of halogens is 2. The minimum absolute atomic E-state index is 0.122. The Morgan fingerprint density at radius 1 is 1.08 bits per heavy atom. The molecule has 2 aromatic rings. The van der Waals surface area contributed by atoms with Gasteiger partial charge in [0, 0.05) is 17.3 Å². The summed E-state index contributed by atoms with van der Waals surface area (Å²) in [4.78, 5) is 16.5. The van der Waals surface area contributed by atoms with Crippen LogP contribution in [0.25, 0.3) is 0 Å².